The largest absolute Gasteiger partial charge is 0.369 e. The maximum Gasteiger partial charge on any atom is 0.136 e. The summed E-state index contributed by atoms with van der Waals surface area (Å²) in [6, 6.07) is 14.2. The van der Waals surface area contributed by atoms with E-state index in [1.54, 1.807) is 18.6 Å². The Labute approximate surface area is 166 Å². The fourth-order valence-corrected chi connectivity index (χ4v) is 3.51. The van der Waals surface area contributed by atoms with Crippen LogP contribution < -0.4 is 0 Å². The van der Waals surface area contributed by atoms with Gasteiger partial charge in [-0.25, -0.2) is 4.98 Å². The minimum absolute atomic E-state index is 0.0949. The molecule has 1 unspecified atom stereocenters. The SMILES string of the molecule is CC(c1cccnc1)n1c(COCc2ccncc2)nc2ccc(Br)cc21. The standard InChI is InChI=1S/C21H19BrN4O/c1-15(17-3-2-8-24-12-17)26-20-11-18(22)4-5-19(20)25-21(26)14-27-13-16-6-9-23-10-7-16/h2-12,15H,13-14H2,1H3. The van der Waals surface area contributed by atoms with Crippen molar-refractivity contribution >= 4 is 27.0 Å². The van der Waals surface area contributed by atoms with E-state index in [1.807, 2.05) is 36.5 Å². The number of halogens is 1. The maximum absolute atomic E-state index is 5.95. The van der Waals surface area contributed by atoms with Gasteiger partial charge in [-0.15, -0.1) is 0 Å². The first kappa shape index (κ1) is 17.8. The molecular weight excluding hydrogens is 404 g/mol. The predicted molar refractivity (Wildman–Crippen MR) is 108 cm³/mol. The van der Waals surface area contributed by atoms with Crippen molar-refractivity contribution in [1.29, 1.82) is 0 Å². The quantitative estimate of drug-likeness (QED) is 0.442. The molecule has 0 saturated heterocycles. The van der Waals surface area contributed by atoms with E-state index in [4.69, 9.17) is 9.72 Å². The number of rotatable bonds is 6. The molecular formula is C21H19BrN4O. The average molecular weight is 423 g/mol. The van der Waals surface area contributed by atoms with Crippen LogP contribution >= 0.6 is 15.9 Å². The molecule has 0 aliphatic rings. The van der Waals surface area contributed by atoms with Crippen LogP contribution in [-0.2, 0) is 18.0 Å². The Morgan fingerprint density at radius 2 is 1.89 bits per heavy atom. The summed E-state index contributed by atoms with van der Waals surface area (Å²) in [6.07, 6.45) is 7.24. The van der Waals surface area contributed by atoms with Crippen LogP contribution in [0, 0.1) is 0 Å². The number of fused-ring (bicyclic) bond motifs is 1. The molecule has 5 nitrogen and oxygen atoms in total. The van der Waals surface area contributed by atoms with Crippen molar-refractivity contribution in [3.63, 3.8) is 0 Å². The van der Waals surface area contributed by atoms with Crippen molar-refractivity contribution in [2.75, 3.05) is 0 Å². The zero-order valence-corrected chi connectivity index (χ0v) is 16.5. The molecule has 136 valence electrons. The van der Waals surface area contributed by atoms with E-state index in [0.717, 1.165) is 32.5 Å². The highest BCUT2D eigenvalue weighted by Crippen LogP contribution is 2.28. The molecule has 6 heteroatoms. The summed E-state index contributed by atoms with van der Waals surface area (Å²) in [5.41, 5.74) is 4.25. The summed E-state index contributed by atoms with van der Waals surface area (Å²) in [7, 11) is 0. The third kappa shape index (κ3) is 3.91. The van der Waals surface area contributed by atoms with Crippen LogP contribution in [-0.4, -0.2) is 19.5 Å². The molecule has 0 aliphatic heterocycles. The monoisotopic (exact) mass is 422 g/mol. The highest BCUT2D eigenvalue weighted by atomic mass is 79.9. The number of hydrogen-bond acceptors (Lipinski definition) is 4. The first-order chi connectivity index (χ1) is 13.2. The second-order valence-corrected chi connectivity index (χ2v) is 7.26. The lowest BCUT2D eigenvalue weighted by Gasteiger charge is -2.18. The lowest BCUT2D eigenvalue weighted by molar-refractivity contribution is 0.0991. The van der Waals surface area contributed by atoms with Crippen molar-refractivity contribution in [3.8, 4) is 0 Å². The van der Waals surface area contributed by atoms with E-state index in [0.29, 0.717) is 13.2 Å². The molecule has 4 aromatic rings. The number of benzene rings is 1. The molecule has 27 heavy (non-hydrogen) atoms. The Kier molecular flexibility index (Phi) is 5.27. The molecule has 0 saturated carbocycles. The molecule has 4 rings (SSSR count). The third-order valence-corrected chi connectivity index (χ3v) is 5.02. The summed E-state index contributed by atoms with van der Waals surface area (Å²) >= 11 is 3.57. The van der Waals surface area contributed by atoms with E-state index >= 15 is 0 Å². The van der Waals surface area contributed by atoms with Crippen LogP contribution in [0.2, 0.25) is 0 Å². The van der Waals surface area contributed by atoms with Crippen molar-refractivity contribution in [3.05, 3.63) is 88.7 Å². The Morgan fingerprint density at radius 3 is 2.67 bits per heavy atom. The van der Waals surface area contributed by atoms with Gasteiger partial charge in [0.15, 0.2) is 0 Å². The number of imidazole rings is 1. The zero-order chi connectivity index (χ0) is 18.6. The van der Waals surface area contributed by atoms with Crippen LogP contribution in [0.3, 0.4) is 0 Å². The zero-order valence-electron chi connectivity index (χ0n) is 14.9. The van der Waals surface area contributed by atoms with Crippen molar-refractivity contribution < 1.29 is 4.74 Å². The van der Waals surface area contributed by atoms with Gasteiger partial charge in [-0.1, -0.05) is 22.0 Å². The van der Waals surface area contributed by atoms with Crippen molar-refractivity contribution in [2.45, 2.75) is 26.2 Å². The van der Waals surface area contributed by atoms with Crippen molar-refractivity contribution in [1.82, 2.24) is 19.5 Å². The van der Waals surface area contributed by atoms with Gasteiger partial charge in [-0.05, 0) is 54.4 Å². The second kappa shape index (κ2) is 7.98. The highest BCUT2D eigenvalue weighted by molar-refractivity contribution is 9.10. The number of pyridine rings is 2. The van der Waals surface area contributed by atoms with Crippen LogP contribution in [0.1, 0.15) is 29.9 Å². The molecule has 1 atom stereocenters. The van der Waals surface area contributed by atoms with Crippen LogP contribution in [0.4, 0.5) is 0 Å². The summed E-state index contributed by atoms with van der Waals surface area (Å²) in [6.45, 7) is 3.11. The molecule has 1 aromatic carbocycles. The molecule has 0 bridgehead atoms. The molecule has 0 amide bonds. The van der Waals surface area contributed by atoms with Crippen LogP contribution in [0.15, 0.2) is 71.7 Å². The summed E-state index contributed by atoms with van der Waals surface area (Å²) in [5, 5.41) is 0. The van der Waals surface area contributed by atoms with Gasteiger partial charge in [0, 0.05) is 29.3 Å². The molecule has 0 fully saturated rings. The fourth-order valence-electron chi connectivity index (χ4n) is 3.16. The summed E-state index contributed by atoms with van der Waals surface area (Å²) < 4.78 is 9.21. The Morgan fingerprint density at radius 1 is 1.04 bits per heavy atom. The van der Waals surface area contributed by atoms with Gasteiger partial charge in [-0.2, -0.15) is 0 Å². The first-order valence-corrected chi connectivity index (χ1v) is 9.54. The van der Waals surface area contributed by atoms with E-state index in [1.165, 1.54) is 0 Å². The van der Waals surface area contributed by atoms with Crippen molar-refractivity contribution in [2.24, 2.45) is 0 Å². The summed E-state index contributed by atoms with van der Waals surface area (Å²) in [4.78, 5) is 13.1. The second-order valence-electron chi connectivity index (χ2n) is 6.34. The molecule has 0 N–H and O–H groups in total. The predicted octanol–water partition coefficient (Wildman–Crippen LogP) is 4.91. The third-order valence-electron chi connectivity index (χ3n) is 4.53. The van der Waals surface area contributed by atoms with Gasteiger partial charge in [0.25, 0.3) is 0 Å². The van der Waals surface area contributed by atoms with Crippen LogP contribution in [0.25, 0.3) is 11.0 Å². The van der Waals surface area contributed by atoms with Crippen LogP contribution in [0.5, 0.6) is 0 Å². The fraction of sp³-hybridized carbons (Fsp3) is 0.190. The Hall–Kier alpha value is -2.57. The normalized spacial score (nSPS) is 12.4. The smallest absolute Gasteiger partial charge is 0.136 e. The lowest BCUT2D eigenvalue weighted by Crippen LogP contribution is -2.12. The topological polar surface area (TPSA) is 52.8 Å². The number of nitrogens with zero attached hydrogens (tertiary/aromatic N) is 4. The number of ether oxygens (including phenoxy) is 1. The minimum Gasteiger partial charge on any atom is -0.369 e. The minimum atomic E-state index is 0.0949. The molecule has 0 radical (unpaired) electrons. The lowest BCUT2D eigenvalue weighted by atomic mass is 10.1. The van der Waals surface area contributed by atoms with Gasteiger partial charge < -0.3 is 9.30 Å². The summed E-state index contributed by atoms with van der Waals surface area (Å²) in [5.74, 6) is 0.897. The molecule has 3 heterocycles. The van der Waals surface area contributed by atoms with Gasteiger partial charge >= 0.3 is 0 Å². The number of hydrogen-bond donors (Lipinski definition) is 0. The Bertz CT molecular complexity index is 1030. The van der Waals surface area contributed by atoms with Gasteiger partial charge in [0.05, 0.1) is 23.7 Å². The molecule has 3 aromatic heterocycles. The maximum atomic E-state index is 5.95. The molecule has 0 spiro atoms. The van der Waals surface area contributed by atoms with E-state index in [2.05, 4.69) is 49.5 Å². The van der Waals surface area contributed by atoms with Gasteiger partial charge in [0.1, 0.15) is 12.4 Å². The molecule has 0 aliphatic carbocycles. The van der Waals surface area contributed by atoms with E-state index in [-0.39, 0.29) is 6.04 Å². The van der Waals surface area contributed by atoms with E-state index < -0.39 is 0 Å². The Balaban J connectivity index is 1.67. The number of aromatic nitrogens is 4. The highest BCUT2D eigenvalue weighted by Gasteiger charge is 2.18. The van der Waals surface area contributed by atoms with Gasteiger partial charge in [-0.3, -0.25) is 9.97 Å². The first-order valence-electron chi connectivity index (χ1n) is 8.75. The average Bonchev–Trinajstić information content (AvgIpc) is 3.06. The van der Waals surface area contributed by atoms with E-state index in [9.17, 15) is 0 Å². The van der Waals surface area contributed by atoms with Gasteiger partial charge in [0.2, 0.25) is 0 Å².